The van der Waals surface area contributed by atoms with E-state index in [9.17, 15) is 0 Å². The van der Waals surface area contributed by atoms with Gasteiger partial charge in [0.1, 0.15) is 0 Å². The first kappa shape index (κ1) is 13.6. The Morgan fingerprint density at radius 1 is 1.42 bits per heavy atom. The molecule has 4 unspecified atom stereocenters. The Morgan fingerprint density at radius 3 is 2.95 bits per heavy atom. The Balaban J connectivity index is 1.82. The summed E-state index contributed by atoms with van der Waals surface area (Å²) in [6, 6.07) is 6.33. The fraction of sp³-hybridized carbons (Fsp3) is 0.733. The molecule has 0 spiro atoms. The summed E-state index contributed by atoms with van der Waals surface area (Å²) >= 11 is 1.85. The summed E-state index contributed by atoms with van der Waals surface area (Å²) in [5.74, 6) is 0. The predicted octanol–water partition coefficient (Wildman–Crippen LogP) is 2.30. The van der Waals surface area contributed by atoms with Crippen molar-refractivity contribution >= 4 is 11.3 Å². The molecule has 2 fully saturated rings. The molecule has 3 heterocycles. The summed E-state index contributed by atoms with van der Waals surface area (Å²) in [5, 5.41) is 2.17. The lowest BCUT2D eigenvalue weighted by molar-refractivity contribution is 0.0217. The lowest BCUT2D eigenvalue weighted by Crippen LogP contribution is -2.57. The number of piperazine rings is 1. The second-order valence-electron chi connectivity index (χ2n) is 6.16. The number of hydrogen-bond acceptors (Lipinski definition) is 4. The molecule has 1 aromatic rings. The average Bonchev–Trinajstić information content (AvgIpc) is 3.00. The maximum Gasteiger partial charge on any atom is 0.0594 e. The summed E-state index contributed by atoms with van der Waals surface area (Å²) < 4.78 is 0. The number of thiophene rings is 1. The summed E-state index contributed by atoms with van der Waals surface area (Å²) in [7, 11) is 0. The van der Waals surface area contributed by atoms with Gasteiger partial charge in [-0.1, -0.05) is 6.07 Å². The van der Waals surface area contributed by atoms with Crippen molar-refractivity contribution in [2.45, 2.75) is 50.9 Å². The van der Waals surface area contributed by atoms with Crippen molar-refractivity contribution in [3.8, 4) is 0 Å². The van der Waals surface area contributed by atoms with Gasteiger partial charge in [-0.25, -0.2) is 0 Å². The van der Waals surface area contributed by atoms with E-state index in [1.54, 1.807) is 0 Å². The molecule has 4 atom stereocenters. The van der Waals surface area contributed by atoms with Gasteiger partial charge in [0.15, 0.2) is 0 Å². The third kappa shape index (κ3) is 2.59. The standard InChI is InChI=1S/C15H25N3S/c1-11-9-17-7-3-5-13(17)10-18(11)15(12(2)16)14-6-4-8-19-14/h4,6,8,11-13,15H,3,5,7,9-10,16H2,1-2H3. The predicted molar refractivity (Wildman–Crippen MR) is 81.5 cm³/mol. The maximum atomic E-state index is 6.31. The summed E-state index contributed by atoms with van der Waals surface area (Å²) in [5.41, 5.74) is 6.31. The van der Waals surface area contributed by atoms with Crippen LogP contribution in [0, 0.1) is 0 Å². The molecule has 0 amide bonds. The third-order valence-corrected chi connectivity index (χ3v) is 5.62. The lowest BCUT2D eigenvalue weighted by atomic mass is 10.00. The first-order chi connectivity index (χ1) is 9.16. The molecule has 0 aromatic carbocycles. The van der Waals surface area contributed by atoms with E-state index < -0.39 is 0 Å². The molecule has 1 aromatic heterocycles. The summed E-state index contributed by atoms with van der Waals surface area (Å²) in [4.78, 5) is 6.75. The van der Waals surface area contributed by atoms with Gasteiger partial charge in [-0.05, 0) is 44.7 Å². The second kappa shape index (κ2) is 5.52. The minimum absolute atomic E-state index is 0.189. The zero-order valence-electron chi connectivity index (χ0n) is 12.0. The van der Waals surface area contributed by atoms with Gasteiger partial charge in [-0.15, -0.1) is 11.3 Å². The van der Waals surface area contributed by atoms with Crippen LogP contribution < -0.4 is 5.73 Å². The molecule has 19 heavy (non-hydrogen) atoms. The van der Waals surface area contributed by atoms with Crippen molar-refractivity contribution in [2.75, 3.05) is 19.6 Å². The first-order valence-electron chi connectivity index (χ1n) is 7.45. The molecule has 0 saturated carbocycles. The minimum Gasteiger partial charge on any atom is -0.326 e. The zero-order chi connectivity index (χ0) is 13.4. The quantitative estimate of drug-likeness (QED) is 0.921. The van der Waals surface area contributed by atoms with Crippen molar-refractivity contribution < 1.29 is 0 Å². The van der Waals surface area contributed by atoms with E-state index >= 15 is 0 Å². The number of nitrogens with zero attached hydrogens (tertiary/aromatic N) is 2. The van der Waals surface area contributed by atoms with Crippen LogP contribution in [0.15, 0.2) is 17.5 Å². The van der Waals surface area contributed by atoms with Crippen molar-refractivity contribution in [2.24, 2.45) is 5.73 Å². The van der Waals surface area contributed by atoms with Crippen LogP contribution in [0.2, 0.25) is 0 Å². The number of nitrogens with two attached hydrogens (primary N) is 1. The third-order valence-electron chi connectivity index (χ3n) is 4.68. The summed E-state index contributed by atoms with van der Waals surface area (Å²) in [6.45, 7) is 8.20. The van der Waals surface area contributed by atoms with Crippen LogP contribution >= 0.6 is 11.3 Å². The normalized spacial score (nSPS) is 32.2. The van der Waals surface area contributed by atoms with Crippen molar-refractivity contribution in [3.05, 3.63) is 22.4 Å². The average molecular weight is 279 g/mol. The van der Waals surface area contributed by atoms with Crippen molar-refractivity contribution in [1.82, 2.24) is 9.80 Å². The molecule has 3 nitrogen and oxygen atoms in total. The molecule has 4 heteroatoms. The fourth-order valence-corrected chi connectivity index (χ4v) is 4.74. The smallest absolute Gasteiger partial charge is 0.0594 e. The molecular weight excluding hydrogens is 254 g/mol. The van der Waals surface area contributed by atoms with Crippen LogP contribution in [0.1, 0.15) is 37.6 Å². The molecule has 0 bridgehead atoms. The highest BCUT2D eigenvalue weighted by atomic mass is 32.1. The molecule has 2 saturated heterocycles. The van der Waals surface area contributed by atoms with E-state index in [1.807, 2.05) is 11.3 Å². The highest BCUT2D eigenvalue weighted by Gasteiger charge is 2.38. The molecule has 2 aliphatic rings. The van der Waals surface area contributed by atoms with Crippen molar-refractivity contribution in [1.29, 1.82) is 0 Å². The molecule has 0 aliphatic carbocycles. The van der Waals surface area contributed by atoms with E-state index in [0.29, 0.717) is 12.1 Å². The monoisotopic (exact) mass is 279 g/mol. The highest BCUT2D eigenvalue weighted by Crippen LogP contribution is 2.34. The molecule has 3 rings (SSSR count). The van der Waals surface area contributed by atoms with Crippen LogP contribution in [0.4, 0.5) is 0 Å². The van der Waals surface area contributed by atoms with Crippen LogP contribution in [-0.2, 0) is 0 Å². The van der Waals surface area contributed by atoms with E-state index in [0.717, 1.165) is 6.04 Å². The second-order valence-corrected chi connectivity index (χ2v) is 7.14. The lowest BCUT2D eigenvalue weighted by Gasteiger charge is -2.47. The van der Waals surface area contributed by atoms with Gasteiger partial charge in [0.25, 0.3) is 0 Å². The minimum atomic E-state index is 0.189. The number of rotatable bonds is 3. The van der Waals surface area contributed by atoms with Gasteiger partial charge in [0, 0.05) is 36.1 Å². The molecule has 0 radical (unpaired) electrons. The van der Waals surface area contributed by atoms with Crippen molar-refractivity contribution in [3.63, 3.8) is 0 Å². The largest absolute Gasteiger partial charge is 0.326 e. The van der Waals surface area contributed by atoms with Gasteiger partial charge in [-0.2, -0.15) is 0 Å². The Bertz CT molecular complexity index is 404. The Morgan fingerprint density at radius 2 is 2.26 bits per heavy atom. The molecule has 2 N–H and O–H groups in total. The Labute approximate surface area is 120 Å². The number of fused-ring (bicyclic) bond motifs is 1. The fourth-order valence-electron chi connectivity index (χ4n) is 3.78. The Kier molecular flexibility index (Phi) is 3.94. The summed E-state index contributed by atoms with van der Waals surface area (Å²) in [6.07, 6.45) is 2.73. The first-order valence-corrected chi connectivity index (χ1v) is 8.33. The number of hydrogen-bond donors (Lipinski definition) is 1. The van der Waals surface area contributed by atoms with Gasteiger partial charge in [0.2, 0.25) is 0 Å². The van der Waals surface area contributed by atoms with E-state index in [-0.39, 0.29) is 6.04 Å². The molecule has 106 valence electrons. The topological polar surface area (TPSA) is 32.5 Å². The zero-order valence-corrected chi connectivity index (χ0v) is 12.8. The van der Waals surface area contributed by atoms with Gasteiger partial charge < -0.3 is 5.73 Å². The SMILES string of the molecule is CC(N)C(c1cccs1)N1CC2CCCN2CC1C. The van der Waals surface area contributed by atoms with Gasteiger partial charge >= 0.3 is 0 Å². The van der Waals surface area contributed by atoms with Crippen LogP contribution in [0.5, 0.6) is 0 Å². The van der Waals surface area contributed by atoms with E-state index in [4.69, 9.17) is 5.73 Å². The highest BCUT2D eigenvalue weighted by molar-refractivity contribution is 7.10. The van der Waals surface area contributed by atoms with E-state index in [1.165, 1.54) is 37.4 Å². The van der Waals surface area contributed by atoms with Crippen LogP contribution in [-0.4, -0.2) is 47.6 Å². The molecular formula is C15H25N3S. The van der Waals surface area contributed by atoms with Gasteiger partial charge in [0.05, 0.1) is 6.04 Å². The van der Waals surface area contributed by atoms with Gasteiger partial charge in [-0.3, -0.25) is 9.80 Å². The Hall–Kier alpha value is -0.420. The molecule has 2 aliphatic heterocycles. The maximum absolute atomic E-state index is 6.31. The van der Waals surface area contributed by atoms with E-state index in [2.05, 4.69) is 41.2 Å². The van der Waals surface area contributed by atoms with Crippen LogP contribution in [0.3, 0.4) is 0 Å². The van der Waals surface area contributed by atoms with Crippen LogP contribution in [0.25, 0.3) is 0 Å².